The van der Waals surface area contributed by atoms with E-state index in [1.165, 1.54) is 0 Å². The van der Waals surface area contributed by atoms with Crippen molar-refractivity contribution < 1.29 is 9.21 Å². The second-order valence-corrected chi connectivity index (χ2v) is 9.34. The summed E-state index contributed by atoms with van der Waals surface area (Å²) in [6, 6.07) is 10.2. The molecule has 2 aromatic rings. The van der Waals surface area contributed by atoms with Gasteiger partial charge in [0.25, 0.3) is 0 Å². The third-order valence-electron chi connectivity index (χ3n) is 7.15. The monoisotopic (exact) mass is 465 g/mol. The van der Waals surface area contributed by atoms with Gasteiger partial charge in [-0.3, -0.25) is 4.79 Å². The second kappa shape index (κ2) is 9.51. The van der Waals surface area contributed by atoms with Crippen LogP contribution in [0, 0.1) is 11.3 Å². The van der Waals surface area contributed by atoms with Crippen LogP contribution in [0.1, 0.15) is 69.6 Å². The number of oxazole rings is 1. The lowest BCUT2D eigenvalue weighted by molar-refractivity contribution is -0.135. The number of likely N-dealkylation sites (tertiary alicyclic amines) is 1. The topological polar surface area (TPSA) is 58.4 Å². The summed E-state index contributed by atoms with van der Waals surface area (Å²) >= 11 is 0. The molecule has 1 N–H and O–H groups in total. The van der Waals surface area contributed by atoms with E-state index >= 15 is 0 Å². The van der Waals surface area contributed by atoms with E-state index in [1.807, 2.05) is 18.2 Å². The van der Waals surface area contributed by atoms with Crippen molar-refractivity contribution in [1.82, 2.24) is 15.2 Å². The molecular formula is C24H33Cl2N3O2. The van der Waals surface area contributed by atoms with Gasteiger partial charge in [0.1, 0.15) is 17.5 Å². The maximum atomic E-state index is 13.4. The van der Waals surface area contributed by atoms with Gasteiger partial charge in [-0.15, -0.1) is 24.8 Å². The normalized spacial score (nSPS) is 24.0. The fourth-order valence-corrected chi connectivity index (χ4v) is 5.35. The predicted molar refractivity (Wildman–Crippen MR) is 127 cm³/mol. The molecule has 3 aliphatic rings. The number of carbonyl (C=O) groups excluding carboxylic acids is 1. The number of hydrogen-bond acceptors (Lipinski definition) is 4. The fraction of sp³-hybridized carbons (Fsp3) is 0.583. The number of aromatic nitrogens is 1. The Kier molecular flexibility index (Phi) is 7.39. The quantitative estimate of drug-likeness (QED) is 0.659. The summed E-state index contributed by atoms with van der Waals surface area (Å²) in [5.41, 5.74) is 2.28. The minimum Gasteiger partial charge on any atom is -0.442 e. The van der Waals surface area contributed by atoms with Crippen molar-refractivity contribution in [2.45, 2.75) is 57.9 Å². The average Bonchev–Trinajstić information content (AvgIpc) is 3.13. The lowest BCUT2D eigenvalue weighted by atomic mass is 9.91. The molecule has 1 aromatic heterocycles. The summed E-state index contributed by atoms with van der Waals surface area (Å²) in [6.45, 7) is 7.20. The molecule has 2 saturated heterocycles. The molecule has 5 nitrogen and oxygen atoms in total. The smallest absolute Gasteiger partial charge is 0.226 e. The zero-order valence-electron chi connectivity index (χ0n) is 18.3. The van der Waals surface area contributed by atoms with Crippen LogP contribution in [0.3, 0.4) is 0 Å². The molecule has 1 spiro atoms. The fourth-order valence-electron chi connectivity index (χ4n) is 5.35. The van der Waals surface area contributed by atoms with Gasteiger partial charge < -0.3 is 14.6 Å². The molecule has 2 unspecified atom stereocenters. The van der Waals surface area contributed by atoms with Crippen molar-refractivity contribution in [2.75, 3.05) is 19.6 Å². The van der Waals surface area contributed by atoms with Crippen LogP contribution in [0.2, 0.25) is 0 Å². The molecule has 1 saturated carbocycles. The third kappa shape index (κ3) is 4.37. The summed E-state index contributed by atoms with van der Waals surface area (Å²) in [5.74, 6) is 2.43. The Morgan fingerprint density at radius 1 is 1.19 bits per heavy atom. The van der Waals surface area contributed by atoms with E-state index in [9.17, 15) is 4.79 Å². The van der Waals surface area contributed by atoms with Gasteiger partial charge in [-0.25, -0.2) is 4.98 Å². The number of hydrogen-bond donors (Lipinski definition) is 1. The van der Waals surface area contributed by atoms with E-state index in [0.29, 0.717) is 5.91 Å². The molecule has 0 radical (unpaired) electrons. The van der Waals surface area contributed by atoms with Crippen molar-refractivity contribution in [2.24, 2.45) is 11.3 Å². The van der Waals surface area contributed by atoms with Gasteiger partial charge in [-0.05, 0) is 50.6 Å². The molecule has 5 rings (SSSR count). The number of halogens is 2. The van der Waals surface area contributed by atoms with E-state index in [2.05, 4.69) is 36.2 Å². The van der Waals surface area contributed by atoms with Gasteiger partial charge in [0.15, 0.2) is 0 Å². The Balaban J connectivity index is 0.00000136. The Labute approximate surface area is 197 Å². The predicted octanol–water partition coefficient (Wildman–Crippen LogP) is 5.36. The Bertz CT molecular complexity index is 893. The number of benzene rings is 1. The van der Waals surface area contributed by atoms with Crippen LogP contribution < -0.4 is 5.32 Å². The SMILES string of the molecule is CC(C)c1oc(C2CCCN2C(=O)C2CC23CCNCC3)nc1-c1ccccc1.Cl.Cl. The summed E-state index contributed by atoms with van der Waals surface area (Å²) in [5, 5.41) is 3.43. The van der Waals surface area contributed by atoms with E-state index in [-0.39, 0.29) is 48.1 Å². The van der Waals surface area contributed by atoms with Gasteiger partial charge in [0.2, 0.25) is 11.8 Å². The zero-order valence-corrected chi connectivity index (χ0v) is 19.9. The standard InChI is InChI=1S/C24H31N3O2.2ClH/c1-16(2)21-20(17-7-4-3-5-8-17)26-22(29-21)19-9-6-14-27(19)23(28)18-15-24(18)10-12-25-13-11-24;;/h3-5,7-8,16,18-19,25H,6,9-15H2,1-2H3;2*1H. The number of amides is 1. The van der Waals surface area contributed by atoms with E-state index in [0.717, 1.165) is 74.6 Å². The van der Waals surface area contributed by atoms with Crippen molar-refractivity contribution in [1.29, 1.82) is 0 Å². The van der Waals surface area contributed by atoms with Crippen LogP contribution in [0.15, 0.2) is 34.7 Å². The summed E-state index contributed by atoms with van der Waals surface area (Å²) < 4.78 is 6.32. The number of nitrogens with one attached hydrogen (secondary N) is 1. The Morgan fingerprint density at radius 3 is 2.58 bits per heavy atom. The lowest BCUT2D eigenvalue weighted by Crippen LogP contribution is -2.36. The summed E-state index contributed by atoms with van der Waals surface area (Å²) in [7, 11) is 0. The zero-order chi connectivity index (χ0) is 20.0. The van der Waals surface area contributed by atoms with Crippen LogP contribution in [0.5, 0.6) is 0 Å². The first-order valence-corrected chi connectivity index (χ1v) is 11.2. The minimum absolute atomic E-state index is 0. The highest BCUT2D eigenvalue weighted by Gasteiger charge is 2.59. The van der Waals surface area contributed by atoms with Crippen LogP contribution in [0.4, 0.5) is 0 Å². The van der Waals surface area contributed by atoms with E-state index in [4.69, 9.17) is 9.40 Å². The molecular weight excluding hydrogens is 433 g/mol. The van der Waals surface area contributed by atoms with E-state index in [1.54, 1.807) is 0 Å². The van der Waals surface area contributed by atoms with E-state index < -0.39 is 0 Å². The average molecular weight is 466 g/mol. The number of nitrogens with zero attached hydrogens (tertiary/aromatic N) is 2. The number of rotatable bonds is 4. The first-order chi connectivity index (χ1) is 14.1. The summed E-state index contributed by atoms with van der Waals surface area (Å²) in [4.78, 5) is 20.4. The molecule has 1 aromatic carbocycles. The van der Waals surface area contributed by atoms with Crippen LogP contribution >= 0.6 is 24.8 Å². The molecule has 2 atom stereocenters. The van der Waals surface area contributed by atoms with Crippen LogP contribution in [0.25, 0.3) is 11.3 Å². The molecule has 2 aliphatic heterocycles. The van der Waals surface area contributed by atoms with Gasteiger partial charge in [-0.1, -0.05) is 44.2 Å². The largest absolute Gasteiger partial charge is 0.442 e. The van der Waals surface area contributed by atoms with Crippen molar-refractivity contribution >= 4 is 30.7 Å². The Hall–Kier alpha value is -1.56. The first-order valence-electron chi connectivity index (χ1n) is 11.2. The van der Waals surface area contributed by atoms with Crippen LogP contribution in [-0.2, 0) is 4.79 Å². The van der Waals surface area contributed by atoms with Crippen LogP contribution in [-0.4, -0.2) is 35.4 Å². The first kappa shape index (κ1) is 24.1. The van der Waals surface area contributed by atoms with Gasteiger partial charge in [0.05, 0.1) is 0 Å². The van der Waals surface area contributed by atoms with Crippen molar-refractivity contribution in [3.63, 3.8) is 0 Å². The maximum Gasteiger partial charge on any atom is 0.226 e. The highest BCUT2D eigenvalue weighted by Crippen LogP contribution is 2.60. The highest BCUT2D eigenvalue weighted by atomic mass is 35.5. The number of carbonyl (C=O) groups is 1. The Morgan fingerprint density at radius 2 is 1.90 bits per heavy atom. The minimum atomic E-state index is -0.0168. The molecule has 3 fully saturated rings. The van der Waals surface area contributed by atoms with Gasteiger partial charge in [-0.2, -0.15) is 0 Å². The molecule has 1 aliphatic carbocycles. The second-order valence-electron chi connectivity index (χ2n) is 9.34. The molecule has 3 heterocycles. The highest BCUT2D eigenvalue weighted by molar-refractivity contribution is 5.85. The number of piperidine rings is 1. The summed E-state index contributed by atoms with van der Waals surface area (Å²) in [6.07, 6.45) is 5.30. The molecule has 31 heavy (non-hydrogen) atoms. The van der Waals surface area contributed by atoms with Crippen molar-refractivity contribution in [3.8, 4) is 11.3 Å². The third-order valence-corrected chi connectivity index (χ3v) is 7.15. The maximum absolute atomic E-state index is 13.4. The molecule has 0 bridgehead atoms. The molecule has 170 valence electrons. The molecule has 1 amide bonds. The van der Waals surface area contributed by atoms with Gasteiger partial charge >= 0.3 is 0 Å². The van der Waals surface area contributed by atoms with Gasteiger partial charge in [0, 0.05) is 23.9 Å². The van der Waals surface area contributed by atoms with Crippen molar-refractivity contribution in [3.05, 3.63) is 42.0 Å². The lowest BCUT2D eigenvalue weighted by Gasteiger charge is -2.27. The molecule has 7 heteroatoms.